The topological polar surface area (TPSA) is 60.8 Å². The lowest BCUT2D eigenvalue weighted by Gasteiger charge is -2.19. The molecule has 0 bridgehead atoms. The molecule has 4 heteroatoms. The van der Waals surface area contributed by atoms with Crippen molar-refractivity contribution in [1.29, 1.82) is 0 Å². The Labute approximate surface area is 142 Å². The van der Waals surface area contributed by atoms with Crippen molar-refractivity contribution < 1.29 is 15.0 Å². The van der Waals surface area contributed by atoms with Gasteiger partial charge in [0, 0.05) is 24.6 Å². The first-order valence-corrected chi connectivity index (χ1v) is 8.37. The summed E-state index contributed by atoms with van der Waals surface area (Å²) in [6.45, 7) is 5.27. The highest BCUT2D eigenvalue weighted by molar-refractivity contribution is 5.79. The summed E-state index contributed by atoms with van der Waals surface area (Å²) in [4.78, 5) is 14.3. The highest BCUT2D eigenvalue weighted by atomic mass is 16.5. The third kappa shape index (κ3) is 3.07. The minimum absolute atomic E-state index is 0.0454. The van der Waals surface area contributed by atoms with E-state index in [1.807, 2.05) is 43.0 Å². The van der Waals surface area contributed by atoms with Gasteiger partial charge in [-0.15, -0.1) is 0 Å². The van der Waals surface area contributed by atoms with Crippen LogP contribution in [0, 0.1) is 5.92 Å². The lowest BCUT2D eigenvalue weighted by molar-refractivity contribution is -0.135. The first-order valence-electron chi connectivity index (χ1n) is 8.37. The second-order valence-electron chi connectivity index (χ2n) is 6.45. The van der Waals surface area contributed by atoms with Crippen molar-refractivity contribution >= 4 is 5.91 Å². The van der Waals surface area contributed by atoms with E-state index in [2.05, 4.69) is 6.07 Å². The smallest absolute Gasteiger partial charge is 0.225 e. The lowest BCUT2D eigenvalue weighted by Crippen LogP contribution is -2.30. The van der Waals surface area contributed by atoms with Crippen LogP contribution in [0.1, 0.15) is 43.2 Å². The Bertz CT molecular complexity index is 754. The number of carbonyl (C=O) groups is 1. The fraction of sp³-hybridized carbons (Fsp3) is 0.350. The Hall–Kier alpha value is -2.17. The third-order valence-electron chi connectivity index (χ3n) is 4.82. The maximum absolute atomic E-state index is 12.4. The minimum atomic E-state index is -1.50. The van der Waals surface area contributed by atoms with Gasteiger partial charge in [0.1, 0.15) is 0 Å². The number of aliphatic hydroxyl groups excluding tert-OH is 1. The van der Waals surface area contributed by atoms with E-state index in [1.165, 1.54) is 0 Å². The molecule has 1 atom stereocenters. The van der Waals surface area contributed by atoms with E-state index in [1.54, 1.807) is 12.1 Å². The predicted octanol–water partition coefficient (Wildman–Crippen LogP) is 3.23. The van der Waals surface area contributed by atoms with E-state index in [4.69, 9.17) is 0 Å². The third-order valence-corrected chi connectivity index (χ3v) is 4.82. The average molecular weight is 325 g/mol. The molecular formula is C20H23NO3. The van der Waals surface area contributed by atoms with Crippen LogP contribution < -0.4 is 0 Å². The second-order valence-corrected chi connectivity index (χ2v) is 6.45. The minimum Gasteiger partial charge on any atom is -0.364 e. The van der Waals surface area contributed by atoms with Crippen LogP contribution in [-0.4, -0.2) is 21.0 Å². The van der Waals surface area contributed by atoms with Crippen molar-refractivity contribution in [3.05, 3.63) is 59.2 Å². The van der Waals surface area contributed by atoms with Crippen LogP contribution in [0.15, 0.2) is 42.5 Å². The van der Waals surface area contributed by atoms with E-state index < -0.39 is 6.29 Å². The monoisotopic (exact) mass is 325 g/mol. The van der Waals surface area contributed by atoms with E-state index in [0.29, 0.717) is 18.7 Å². The first-order chi connectivity index (χ1) is 11.5. The zero-order valence-electron chi connectivity index (χ0n) is 14.1. The number of hydrogen-bond acceptors (Lipinski definition) is 3. The van der Waals surface area contributed by atoms with Crippen molar-refractivity contribution in [1.82, 2.24) is 4.90 Å². The summed E-state index contributed by atoms with van der Waals surface area (Å²) in [6, 6.07) is 13.3. The first kappa shape index (κ1) is 16.7. The molecule has 0 fully saturated rings. The van der Waals surface area contributed by atoms with Crippen molar-refractivity contribution in [3.63, 3.8) is 0 Å². The standard InChI is InChI=1S/C20H23NO3/c1-3-13(2)19(22)21-11-15-9-8-14(10-16(15)12-21)17-6-4-5-7-18(17)20(23)24/h4-10,13,20,23-24H,3,11-12H2,1-2H3/t13-/m0/s1. The van der Waals surface area contributed by atoms with E-state index in [9.17, 15) is 15.0 Å². The highest BCUT2D eigenvalue weighted by Crippen LogP contribution is 2.32. The molecule has 24 heavy (non-hydrogen) atoms. The number of hydrogen-bond donors (Lipinski definition) is 2. The molecule has 0 radical (unpaired) electrons. The zero-order chi connectivity index (χ0) is 17.3. The molecule has 0 unspecified atom stereocenters. The molecule has 0 saturated carbocycles. The van der Waals surface area contributed by atoms with Crippen LogP contribution in [0.25, 0.3) is 11.1 Å². The quantitative estimate of drug-likeness (QED) is 0.849. The van der Waals surface area contributed by atoms with Gasteiger partial charge in [0.15, 0.2) is 6.29 Å². The molecule has 126 valence electrons. The summed E-state index contributed by atoms with van der Waals surface area (Å²) in [5.41, 5.74) is 4.53. The lowest BCUT2D eigenvalue weighted by atomic mass is 9.96. The molecule has 0 saturated heterocycles. The number of fused-ring (bicyclic) bond motifs is 1. The zero-order valence-corrected chi connectivity index (χ0v) is 14.1. The Balaban J connectivity index is 1.90. The van der Waals surface area contributed by atoms with Gasteiger partial charge in [-0.3, -0.25) is 4.79 Å². The van der Waals surface area contributed by atoms with Crippen molar-refractivity contribution in [3.8, 4) is 11.1 Å². The number of benzene rings is 2. The molecule has 1 aliphatic heterocycles. The van der Waals surface area contributed by atoms with Gasteiger partial charge in [-0.05, 0) is 34.7 Å². The van der Waals surface area contributed by atoms with Crippen molar-refractivity contribution in [2.45, 2.75) is 39.6 Å². The summed E-state index contributed by atoms with van der Waals surface area (Å²) in [5.74, 6) is 0.241. The van der Waals surface area contributed by atoms with Gasteiger partial charge in [-0.25, -0.2) is 0 Å². The molecule has 1 heterocycles. The molecular weight excluding hydrogens is 302 g/mol. The molecule has 2 aromatic carbocycles. The van der Waals surface area contributed by atoms with E-state index >= 15 is 0 Å². The summed E-state index contributed by atoms with van der Waals surface area (Å²) in [6.07, 6.45) is -0.656. The molecule has 1 aliphatic rings. The van der Waals surface area contributed by atoms with Crippen LogP contribution in [-0.2, 0) is 17.9 Å². The van der Waals surface area contributed by atoms with Gasteiger partial charge in [0.2, 0.25) is 5.91 Å². The number of nitrogens with zero attached hydrogens (tertiary/aromatic N) is 1. The second kappa shape index (κ2) is 6.75. The Morgan fingerprint density at radius 1 is 1.12 bits per heavy atom. The molecule has 0 aliphatic carbocycles. The molecule has 1 amide bonds. The number of aliphatic hydroxyl groups is 2. The van der Waals surface area contributed by atoms with Crippen LogP contribution in [0.2, 0.25) is 0 Å². The molecule has 3 rings (SSSR count). The van der Waals surface area contributed by atoms with Gasteiger partial charge >= 0.3 is 0 Å². The molecule has 2 aromatic rings. The summed E-state index contributed by atoms with van der Waals surface area (Å²) >= 11 is 0. The number of rotatable bonds is 4. The van der Waals surface area contributed by atoms with Gasteiger partial charge in [-0.1, -0.05) is 50.2 Å². The van der Waals surface area contributed by atoms with Crippen molar-refractivity contribution in [2.75, 3.05) is 0 Å². The fourth-order valence-electron chi connectivity index (χ4n) is 3.19. The Kier molecular flexibility index (Phi) is 4.69. The molecule has 4 nitrogen and oxygen atoms in total. The maximum Gasteiger partial charge on any atom is 0.225 e. The summed E-state index contributed by atoms with van der Waals surface area (Å²) in [7, 11) is 0. The number of carbonyl (C=O) groups excluding carboxylic acids is 1. The van der Waals surface area contributed by atoms with Gasteiger partial charge in [-0.2, -0.15) is 0 Å². The highest BCUT2D eigenvalue weighted by Gasteiger charge is 2.26. The van der Waals surface area contributed by atoms with Crippen LogP contribution in [0.4, 0.5) is 0 Å². The van der Waals surface area contributed by atoms with Crippen molar-refractivity contribution in [2.24, 2.45) is 5.92 Å². The predicted molar refractivity (Wildman–Crippen MR) is 92.8 cm³/mol. The molecule has 0 aromatic heterocycles. The SMILES string of the molecule is CC[C@H](C)C(=O)N1Cc2ccc(-c3ccccc3C(O)O)cc2C1. The van der Waals surface area contributed by atoms with E-state index in [-0.39, 0.29) is 11.8 Å². The van der Waals surface area contributed by atoms with Gasteiger partial charge < -0.3 is 15.1 Å². The maximum atomic E-state index is 12.4. The molecule has 2 N–H and O–H groups in total. The number of amides is 1. The van der Waals surface area contributed by atoms with Gasteiger partial charge in [0.05, 0.1) is 0 Å². The fourth-order valence-corrected chi connectivity index (χ4v) is 3.19. The summed E-state index contributed by atoms with van der Waals surface area (Å²) < 4.78 is 0. The van der Waals surface area contributed by atoms with E-state index in [0.717, 1.165) is 28.7 Å². The van der Waals surface area contributed by atoms with Crippen LogP contribution in [0.5, 0.6) is 0 Å². The Morgan fingerprint density at radius 2 is 1.83 bits per heavy atom. The van der Waals surface area contributed by atoms with Crippen LogP contribution in [0.3, 0.4) is 0 Å². The van der Waals surface area contributed by atoms with Gasteiger partial charge in [0.25, 0.3) is 0 Å². The average Bonchev–Trinajstić information content (AvgIpc) is 3.03. The normalized spacial score (nSPS) is 14.8. The summed E-state index contributed by atoms with van der Waals surface area (Å²) in [5, 5.41) is 19.1. The largest absolute Gasteiger partial charge is 0.364 e. The Morgan fingerprint density at radius 3 is 2.54 bits per heavy atom. The molecule has 0 spiro atoms. The van der Waals surface area contributed by atoms with Crippen LogP contribution >= 0.6 is 0 Å².